The molecule has 1 aromatic heterocycles. The Hall–Kier alpha value is -2.24. The Bertz CT molecular complexity index is 493. The van der Waals surface area contributed by atoms with E-state index >= 15 is 0 Å². The lowest BCUT2D eigenvalue weighted by Gasteiger charge is -2.02. The fourth-order valence-electron chi connectivity index (χ4n) is 1.21. The summed E-state index contributed by atoms with van der Waals surface area (Å²) >= 11 is 0. The molecule has 1 heterocycles. The molecule has 1 atom stereocenters. The molecule has 0 fully saturated rings. The molecule has 0 spiro atoms. The van der Waals surface area contributed by atoms with Gasteiger partial charge in [0.25, 0.3) is 0 Å². The minimum Gasteiger partial charge on any atom is -0.368 e. The Morgan fingerprint density at radius 1 is 1.38 bits per heavy atom. The second-order valence-electron chi connectivity index (χ2n) is 3.38. The van der Waals surface area contributed by atoms with Crippen molar-refractivity contribution in [1.29, 1.82) is 0 Å². The summed E-state index contributed by atoms with van der Waals surface area (Å²) in [7, 11) is 0. The van der Waals surface area contributed by atoms with Crippen LogP contribution in [0.25, 0.3) is 11.4 Å². The molecule has 0 aliphatic heterocycles. The van der Waals surface area contributed by atoms with Crippen molar-refractivity contribution >= 4 is 5.91 Å². The van der Waals surface area contributed by atoms with Crippen LogP contribution < -0.4 is 5.73 Å². The first-order valence-electron chi connectivity index (χ1n) is 4.82. The molecule has 0 radical (unpaired) electrons. The Kier molecular flexibility index (Phi) is 2.63. The highest BCUT2D eigenvalue weighted by Gasteiger charge is 2.15. The molecule has 82 valence electrons. The van der Waals surface area contributed by atoms with Gasteiger partial charge in [-0.3, -0.25) is 4.79 Å². The zero-order valence-electron chi connectivity index (χ0n) is 8.74. The first-order chi connectivity index (χ1) is 7.68. The molecule has 0 unspecified atom stereocenters. The minimum atomic E-state index is -0.593. The minimum absolute atomic E-state index is 0.480. The fraction of sp³-hybridized carbons (Fsp3) is 0.200. The van der Waals surface area contributed by atoms with Crippen molar-refractivity contribution in [2.45, 2.75) is 13.0 Å². The van der Waals surface area contributed by atoms with Crippen molar-refractivity contribution in [1.82, 2.24) is 20.2 Å². The van der Waals surface area contributed by atoms with Crippen LogP contribution in [-0.2, 0) is 4.79 Å². The molecule has 2 rings (SSSR count). The number of benzene rings is 1. The van der Waals surface area contributed by atoms with Gasteiger partial charge in [0, 0.05) is 5.56 Å². The number of aromatic nitrogens is 4. The fourth-order valence-corrected chi connectivity index (χ4v) is 1.21. The summed E-state index contributed by atoms with van der Waals surface area (Å²) in [5.74, 6) is -0.00860. The topological polar surface area (TPSA) is 86.7 Å². The van der Waals surface area contributed by atoms with E-state index < -0.39 is 11.9 Å². The molecular weight excluding hydrogens is 206 g/mol. The third kappa shape index (κ3) is 1.90. The predicted octanol–water partition coefficient (Wildman–Crippen LogP) is 0.386. The number of hydrogen-bond donors (Lipinski definition) is 1. The van der Waals surface area contributed by atoms with Crippen molar-refractivity contribution in [3.8, 4) is 11.4 Å². The van der Waals surface area contributed by atoms with E-state index in [1.807, 2.05) is 30.3 Å². The number of hydrogen-bond acceptors (Lipinski definition) is 4. The smallest absolute Gasteiger partial charge is 0.243 e. The third-order valence-electron chi connectivity index (χ3n) is 2.22. The van der Waals surface area contributed by atoms with Crippen molar-refractivity contribution < 1.29 is 4.79 Å². The van der Waals surface area contributed by atoms with Crippen LogP contribution in [0.1, 0.15) is 13.0 Å². The maximum Gasteiger partial charge on any atom is 0.243 e. The van der Waals surface area contributed by atoms with E-state index in [2.05, 4.69) is 15.4 Å². The van der Waals surface area contributed by atoms with Gasteiger partial charge in [0.15, 0.2) is 0 Å². The van der Waals surface area contributed by atoms with Crippen LogP contribution in [-0.4, -0.2) is 26.1 Å². The highest BCUT2D eigenvalue weighted by Crippen LogP contribution is 2.13. The standard InChI is InChI=1S/C10H11N5O/c1-7(9(11)16)15-13-10(12-14-15)8-5-3-2-4-6-8/h2-7H,1H3,(H2,11,16)/t7-/m0/s1. The number of nitrogens with two attached hydrogens (primary N) is 1. The molecule has 0 aliphatic carbocycles. The summed E-state index contributed by atoms with van der Waals surface area (Å²) in [6, 6.07) is 8.82. The van der Waals surface area contributed by atoms with E-state index in [4.69, 9.17) is 5.73 Å². The Morgan fingerprint density at radius 3 is 2.69 bits per heavy atom. The second-order valence-corrected chi connectivity index (χ2v) is 3.38. The number of amides is 1. The van der Waals surface area contributed by atoms with Gasteiger partial charge in [-0.25, -0.2) is 0 Å². The molecule has 6 heteroatoms. The quantitative estimate of drug-likeness (QED) is 0.805. The van der Waals surface area contributed by atoms with Gasteiger partial charge < -0.3 is 5.73 Å². The molecule has 16 heavy (non-hydrogen) atoms. The SMILES string of the molecule is C[C@@H](C(N)=O)n1nnc(-c2ccccc2)n1. The van der Waals surface area contributed by atoms with Crippen LogP contribution in [0.15, 0.2) is 30.3 Å². The molecule has 2 aromatic rings. The summed E-state index contributed by atoms with van der Waals surface area (Å²) in [5.41, 5.74) is 6.00. The number of carbonyl (C=O) groups excluding carboxylic acids is 1. The van der Waals surface area contributed by atoms with Gasteiger partial charge in [-0.15, -0.1) is 10.2 Å². The number of nitrogens with zero attached hydrogens (tertiary/aromatic N) is 4. The summed E-state index contributed by atoms with van der Waals surface area (Å²) in [6.45, 7) is 1.62. The lowest BCUT2D eigenvalue weighted by Crippen LogP contribution is -2.25. The average Bonchev–Trinajstić information content (AvgIpc) is 2.78. The number of tetrazole rings is 1. The van der Waals surface area contributed by atoms with E-state index in [1.54, 1.807) is 6.92 Å². The van der Waals surface area contributed by atoms with Crippen molar-refractivity contribution in [2.75, 3.05) is 0 Å². The van der Waals surface area contributed by atoms with Crippen LogP contribution in [0.2, 0.25) is 0 Å². The maximum absolute atomic E-state index is 10.9. The lowest BCUT2D eigenvalue weighted by molar-refractivity contribution is -0.121. The van der Waals surface area contributed by atoms with Gasteiger partial charge in [0.1, 0.15) is 6.04 Å². The molecule has 0 saturated carbocycles. The molecule has 1 aromatic carbocycles. The van der Waals surface area contributed by atoms with Gasteiger partial charge in [-0.2, -0.15) is 4.80 Å². The molecule has 6 nitrogen and oxygen atoms in total. The van der Waals surface area contributed by atoms with E-state index in [0.29, 0.717) is 5.82 Å². The Balaban J connectivity index is 2.30. The van der Waals surface area contributed by atoms with Crippen molar-refractivity contribution in [3.05, 3.63) is 30.3 Å². The van der Waals surface area contributed by atoms with Gasteiger partial charge in [-0.05, 0) is 12.1 Å². The van der Waals surface area contributed by atoms with E-state index in [0.717, 1.165) is 5.56 Å². The van der Waals surface area contributed by atoms with E-state index in [1.165, 1.54) is 4.80 Å². The van der Waals surface area contributed by atoms with Crippen LogP contribution in [0, 0.1) is 0 Å². The molecule has 0 aliphatic rings. The number of primary amides is 1. The number of rotatable bonds is 3. The van der Waals surface area contributed by atoms with Crippen LogP contribution in [0.5, 0.6) is 0 Å². The second kappa shape index (κ2) is 4.09. The summed E-state index contributed by atoms with van der Waals surface area (Å²) in [5, 5.41) is 11.7. The van der Waals surface area contributed by atoms with E-state index in [-0.39, 0.29) is 0 Å². The molecule has 0 bridgehead atoms. The summed E-state index contributed by atoms with van der Waals surface area (Å²) < 4.78 is 0. The summed E-state index contributed by atoms with van der Waals surface area (Å²) in [6.07, 6.45) is 0. The highest BCUT2D eigenvalue weighted by molar-refractivity contribution is 5.77. The first-order valence-corrected chi connectivity index (χ1v) is 4.82. The van der Waals surface area contributed by atoms with Crippen LogP contribution in [0.4, 0.5) is 0 Å². The molecular formula is C10H11N5O. The molecule has 0 saturated heterocycles. The average molecular weight is 217 g/mol. The third-order valence-corrected chi connectivity index (χ3v) is 2.22. The van der Waals surface area contributed by atoms with Gasteiger partial charge in [0.05, 0.1) is 0 Å². The van der Waals surface area contributed by atoms with Gasteiger partial charge in [-0.1, -0.05) is 30.3 Å². The van der Waals surface area contributed by atoms with Crippen LogP contribution in [0.3, 0.4) is 0 Å². The normalized spacial score (nSPS) is 12.3. The monoisotopic (exact) mass is 217 g/mol. The Morgan fingerprint density at radius 2 is 2.06 bits per heavy atom. The molecule has 2 N–H and O–H groups in total. The zero-order valence-corrected chi connectivity index (χ0v) is 8.74. The van der Waals surface area contributed by atoms with Gasteiger partial charge >= 0.3 is 0 Å². The Labute approximate surface area is 92.1 Å². The van der Waals surface area contributed by atoms with Gasteiger partial charge in [0.2, 0.25) is 11.7 Å². The maximum atomic E-state index is 10.9. The molecule has 1 amide bonds. The van der Waals surface area contributed by atoms with Crippen LogP contribution >= 0.6 is 0 Å². The zero-order chi connectivity index (χ0) is 11.5. The largest absolute Gasteiger partial charge is 0.368 e. The first kappa shape index (κ1) is 10.3. The van der Waals surface area contributed by atoms with Crippen molar-refractivity contribution in [2.24, 2.45) is 5.73 Å². The number of carbonyl (C=O) groups is 1. The predicted molar refractivity (Wildman–Crippen MR) is 57.2 cm³/mol. The van der Waals surface area contributed by atoms with Crippen molar-refractivity contribution in [3.63, 3.8) is 0 Å². The highest BCUT2D eigenvalue weighted by atomic mass is 16.1. The lowest BCUT2D eigenvalue weighted by atomic mass is 10.2. The van der Waals surface area contributed by atoms with E-state index in [9.17, 15) is 4.79 Å². The summed E-state index contributed by atoms with van der Waals surface area (Å²) in [4.78, 5) is 12.2.